The lowest BCUT2D eigenvalue weighted by molar-refractivity contribution is -0.0233. The van der Waals surface area contributed by atoms with E-state index in [4.69, 9.17) is 0 Å². The monoisotopic (exact) mass is 322 g/mol. The zero-order chi connectivity index (χ0) is 16.2. The van der Waals surface area contributed by atoms with Crippen molar-refractivity contribution >= 4 is 17.7 Å². The summed E-state index contributed by atoms with van der Waals surface area (Å²) in [7, 11) is 0. The lowest BCUT2D eigenvalue weighted by atomic mass is 9.71. The second-order valence-electron chi connectivity index (χ2n) is 7.02. The molecular weight excluding hydrogens is 296 g/mol. The van der Waals surface area contributed by atoms with Crippen molar-refractivity contribution in [3.8, 4) is 0 Å². The van der Waals surface area contributed by atoms with Crippen LogP contribution in [0.2, 0.25) is 0 Å². The predicted molar refractivity (Wildman–Crippen MR) is 91.0 cm³/mol. The third-order valence-electron chi connectivity index (χ3n) is 4.52. The summed E-state index contributed by atoms with van der Waals surface area (Å²) in [5.74, 6) is 0.567. The van der Waals surface area contributed by atoms with E-state index in [1.54, 1.807) is 18.0 Å². The fourth-order valence-corrected chi connectivity index (χ4v) is 3.36. The Kier molecular flexibility index (Phi) is 5.50. The molecule has 0 bridgehead atoms. The molecule has 2 N–H and O–H groups in total. The Morgan fingerprint density at radius 3 is 2.68 bits per heavy atom. The second-order valence-corrected chi connectivity index (χ2v) is 7.88. The molecule has 0 radical (unpaired) electrons. The SMILES string of the molecule is CSCc1cccnc1C(=O)NCC1(O)CCC(C)(C)CC1. The first-order valence-corrected chi connectivity index (χ1v) is 9.18. The van der Waals surface area contributed by atoms with E-state index < -0.39 is 5.60 Å². The van der Waals surface area contributed by atoms with Crippen LogP contribution >= 0.6 is 11.8 Å². The van der Waals surface area contributed by atoms with E-state index in [0.29, 0.717) is 17.7 Å². The summed E-state index contributed by atoms with van der Waals surface area (Å²) in [5.41, 5.74) is 0.920. The van der Waals surface area contributed by atoms with Gasteiger partial charge in [-0.3, -0.25) is 9.78 Å². The highest BCUT2D eigenvalue weighted by Crippen LogP contribution is 2.39. The van der Waals surface area contributed by atoms with Gasteiger partial charge in [-0.15, -0.1) is 0 Å². The van der Waals surface area contributed by atoms with Crippen LogP contribution in [0.1, 0.15) is 55.6 Å². The van der Waals surface area contributed by atoms with Crippen LogP contribution in [0.5, 0.6) is 0 Å². The fourth-order valence-electron chi connectivity index (χ4n) is 2.81. The van der Waals surface area contributed by atoms with E-state index in [-0.39, 0.29) is 5.91 Å². The van der Waals surface area contributed by atoms with Gasteiger partial charge >= 0.3 is 0 Å². The molecule has 1 amide bonds. The molecule has 5 heteroatoms. The smallest absolute Gasteiger partial charge is 0.270 e. The van der Waals surface area contributed by atoms with Crippen LogP contribution in [0.4, 0.5) is 0 Å². The molecule has 0 unspecified atom stereocenters. The maximum Gasteiger partial charge on any atom is 0.270 e. The quantitative estimate of drug-likeness (QED) is 0.875. The van der Waals surface area contributed by atoms with Crippen molar-refractivity contribution in [3.63, 3.8) is 0 Å². The Morgan fingerprint density at radius 2 is 2.05 bits per heavy atom. The van der Waals surface area contributed by atoms with Gasteiger partial charge in [0.15, 0.2) is 0 Å². The molecule has 1 aromatic rings. The number of rotatable bonds is 5. The number of hydrogen-bond donors (Lipinski definition) is 2. The lowest BCUT2D eigenvalue weighted by Crippen LogP contribution is -2.46. The van der Waals surface area contributed by atoms with Crippen LogP contribution in [0.3, 0.4) is 0 Å². The van der Waals surface area contributed by atoms with Crippen molar-refractivity contribution in [1.82, 2.24) is 10.3 Å². The highest BCUT2D eigenvalue weighted by atomic mass is 32.2. The summed E-state index contributed by atoms with van der Waals surface area (Å²) in [6, 6.07) is 3.77. The van der Waals surface area contributed by atoms with Gasteiger partial charge in [0, 0.05) is 18.5 Å². The van der Waals surface area contributed by atoms with Gasteiger partial charge in [0.1, 0.15) is 5.69 Å². The van der Waals surface area contributed by atoms with Crippen LogP contribution in [-0.4, -0.2) is 34.4 Å². The number of carbonyl (C=O) groups is 1. The Labute approximate surface area is 137 Å². The molecule has 1 saturated carbocycles. The van der Waals surface area contributed by atoms with Gasteiger partial charge in [0.2, 0.25) is 0 Å². The minimum absolute atomic E-state index is 0.192. The molecule has 122 valence electrons. The molecule has 1 aliphatic rings. The standard InChI is InChI=1S/C17H26N2O2S/c1-16(2)6-8-17(21,9-7-16)12-19-15(20)14-13(11-22-3)5-4-10-18-14/h4-5,10,21H,6-9,11-12H2,1-3H3,(H,19,20). The highest BCUT2D eigenvalue weighted by Gasteiger charge is 2.36. The molecule has 0 spiro atoms. The van der Waals surface area contributed by atoms with Crippen LogP contribution in [0, 0.1) is 5.41 Å². The number of nitrogens with one attached hydrogen (secondary N) is 1. The van der Waals surface area contributed by atoms with Crippen molar-refractivity contribution in [3.05, 3.63) is 29.6 Å². The molecule has 0 aliphatic heterocycles. The van der Waals surface area contributed by atoms with Crippen LogP contribution < -0.4 is 5.32 Å². The normalized spacial score (nSPS) is 19.6. The Hall–Kier alpha value is -1.07. The van der Waals surface area contributed by atoms with Crippen LogP contribution in [-0.2, 0) is 5.75 Å². The average molecular weight is 322 g/mol. The summed E-state index contributed by atoms with van der Waals surface area (Å²) in [4.78, 5) is 16.6. The van der Waals surface area contributed by atoms with Crippen molar-refractivity contribution in [1.29, 1.82) is 0 Å². The zero-order valence-electron chi connectivity index (χ0n) is 13.7. The Bertz CT molecular complexity index is 521. The Morgan fingerprint density at radius 1 is 1.36 bits per heavy atom. The molecular formula is C17H26N2O2S. The molecule has 1 heterocycles. The first-order valence-electron chi connectivity index (χ1n) is 7.79. The predicted octanol–water partition coefficient (Wildman–Crippen LogP) is 3.01. The van der Waals surface area contributed by atoms with Gasteiger partial charge in [0.05, 0.1) is 5.60 Å². The third kappa shape index (κ3) is 4.46. The molecule has 4 nitrogen and oxygen atoms in total. The average Bonchev–Trinajstić information content (AvgIpc) is 2.50. The molecule has 2 rings (SSSR count). The maximum absolute atomic E-state index is 12.4. The summed E-state index contributed by atoms with van der Waals surface area (Å²) >= 11 is 1.66. The number of hydrogen-bond acceptors (Lipinski definition) is 4. The number of nitrogens with zero attached hydrogens (tertiary/aromatic N) is 1. The zero-order valence-corrected chi connectivity index (χ0v) is 14.5. The molecule has 0 aromatic carbocycles. The van der Waals surface area contributed by atoms with Crippen molar-refractivity contribution in [2.24, 2.45) is 5.41 Å². The lowest BCUT2D eigenvalue weighted by Gasteiger charge is -2.40. The second kappa shape index (κ2) is 7.01. The van der Waals surface area contributed by atoms with Gasteiger partial charge < -0.3 is 10.4 Å². The number of aromatic nitrogens is 1. The van der Waals surface area contributed by atoms with Gasteiger partial charge in [-0.1, -0.05) is 19.9 Å². The van der Waals surface area contributed by atoms with Gasteiger partial charge in [-0.25, -0.2) is 0 Å². The van der Waals surface area contributed by atoms with Crippen molar-refractivity contribution in [2.75, 3.05) is 12.8 Å². The number of thioether (sulfide) groups is 1. The number of amides is 1. The van der Waals surface area contributed by atoms with Crippen LogP contribution in [0.15, 0.2) is 18.3 Å². The van der Waals surface area contributed by atoms with Gasteiger partial charge in [-0.2, -0.15) is 11.8 Å². The first-order chi connectivity index (χ1) is 10.4. The molecule has 1 fully saturated rings. The van der Waals surface area contributed by atoms with E-state index in [9.17, 15) is 9.90 Å². The minimum atomic E-state index is -0.778. The summed E-state index contributed by atoms with van der Waals surface area (Å²) < 4.78 is 0. The van der Waals surface area contributed by atoms with Crippen molar-refractivity contribution < 1.29 is 9.90 Å². The number of aliphatic hydroxyl groups is 1. The van der Waals surface area contributed by atoms with E-state index in [1.807, 2.05) is 18.4 Å². The van der Waals surface area contributed by atoms with E-state index in [0.717, 1.165) is 37.0 Å². The van der Waals surface area contributed by atoms with Crippen LogP contribution in [0.25, 0.3) is 0 Å². The van der Waals surface area contributed by atoms with Crippen molar-refractivity contribution in [2.45, 2.75) is 50.9 Å². The summed E-state index contributed by atoms with van der Waals surface area (Å²) in [6.45, 7) is 4.76. The molecule has 0 atom stereocenters. The van der Waals surface area contributed by atoms with E-state index >= 15 is 0 Å². The van der Waals surface area contributed by atoms with E-state index in [2.05, 4.69) is 24.1 Å². The number of carbonyl (C=O) groups excluding carboxylic acids is 1. The van der Waals surface area contributed by atoms with Gasteiger partial charge in [0.25, 0.3) is 5.91 Å². The molecule has 1 aliphatic carbocycles. The highest BCUT2D eigenvalue weighted by molar-refractivity contribution is 7.97. The maximum atomic E-state index is 12.4. The van der Waals surface area contributed by atoms with E-state index in [1.165, 1.54) is 0 Å². The van der Waals surface area contributed by atoms with Gasteiger partial charge in [-0.05, 0) is 49.0 Å². The summed E-state index contributed by atoms with van der Waals surface area (Å²) in [6.07, 6.45) is 7.08. The minimum Gasteiger partial charge on any atom is -0.388 e. The third-order valence-corrected chi connectivity index (χ3v) is 5.12. The topological polar surface area (TPSA) is 62.2 Å². The summed E-state index contributed by atoms with van der Waals surface area (Å²) in [5, 5.41) is 13.5. The molecule has 1 aromatic heterocycles. The largest absolute Gasteiger partial charge is 0.388 e. The first kappa shape index (κ1) is 17.3. The number of pyridine rings is 1. The fraction of sp³-hybridized carbons (Fsp3) is 0.647. The molecule has 22 heavy (non-hydrogen) atoms. The Balaban J connectivity index is 1.96. The molecule has 0 saturated heterocycles.